The lowest BCUT2D eigenvalue weighted by Crippen LogP contribution is -2.41. The highest BCUT2D eigenvalue weighted by atomic mass is 16.5. The van der Waals surface area contributed by atoms with Gasteiger partial charge >= 0.3 is 12.0 Å². The molecule has 0 bridgehead atoms. The van der Waals surface area contributed by atoms with Gasteiger partial charge in [0, 0.05) is 39.2 Å². The first kappa shape index (κ1) is 17.5. The van der Waals surface area contributed by atoms with E-state index in [2.05, 4.69) is 0 Å². The topological polar surface area (TPSA) is 79.3 Å². The van der Waals surface area contributed by atoms with Crippen LogP contribution in [0.3, 0.4) is 0 Å². The van der Waals surface area contributed by atoms with Gasteiger partial charge in [0.05, 0.1) is 19.1 Å². The van der Waals surface area contributed by atoms with E-state index in [4.69, 9.17) is 9.47 Å². The summed E-state index contributed by atoms with van der Waals surface area (Å²) in [5.74, 6) is -0.956. The minimum absolute atomic E-state index is 0.0687. The lowest BCUT2D eigenvalue weighted by molar-refractivity contribution is -0.141. The maximum Gasteiger partial charge on any atom is 0.320 e. The fourth-order valence-electron chi connectivity index (χ4n) is 3.69. The number of urea groups is 1. The fourth-order valence-corrected chi connectivity index (χ4v) is 3.69. The van der Waals surface area contributed by atoms with Gasteiger partial charge in [-0.15, -0.1) is 0 Å². The molecule has 2 aliphatic rings. The number of carboxylic acid groups (broad SMARTS) is 1. The van der Waals surface area contributed by atoms with Crippen molar-refractivity contribution in [3.05, 3.63) is 29.8 Å². The molecule has 136 valence electrons. The third kappa shape index (κ3) is 3.56. The smallest absolute Gasteiger partial charge is 0.320 e. The van der Waals surface area contributed by atoms with Gasteiger partial charge in [-0.2, -0.15) is 0 Å². The monoisotopic (exact) mass is 348 g/mol. The minimum atomic E-state index is -0.868. The Morgan fingerprint density at radius 3 is 2.36 bits per heavy atom. The van der Waals surface area contributed by atoms with E-state index in [9.17, 15) is 14.7 Å². The highest BCUT2D eigenvalue weighted by Crippen LogP contribution is 2.34. The fraction of sp³-hybridized carbons (Fsp3) is 0.556. The summed E-state index contributed by atoms with van der Waals surface area (Å²) >= 11 is 0. The summed E-state index contributed by atoms with van der Waals surface area (Å²) in [5, 5.41) is 9.59. The molecule has 0 aliphatic carbocycles. The van der Waals surface area contributed by atoms with Crippen molar-refractivity contribution in [3.8, 4) is 5.75 Å². The van der Waals surface area contributed by atoms with Gasteiger partial charge in [-0.25, -0.2) is 4.79 Å². The molecule has 2 fully saturated rings. The van der Waals surface area contributed by atoms with Crippen molar-refractivity contribution in [1.29, 1.82) is 0 Å². The van der Waals surface area contributed by atoms with E-state index >= 15 is 0 Å². The highest BCUT2D eigenvalue weighted by molar-refractivity contribution is 5.79. The van der Waals surface area contributed by atoms with Gasteiger partial charge in [0.15, 0.2) is 0 Å². The third-order valence-corrected chi connectivity index (χ3v) is 5.20. The number of amides is 2. The molecule has 2 aliphatic heterocycles. The number of carboxylic acids is 1. The number of methoxy groups -OCH3 is 2. The number of carbonyl (C=O) groups is 2. The second kappa shape index (κ2) is 7.31. The summed E-state index contributed by atoms with van der Waals surface area (Å²) in [6, 6.07) is 7.31. The molecule has 25 heavy (non-hydrogen) atoms. The molecule has 0 spiro atoms. The average Bonchev–Trinajstić information content (AvgIpc) is 3.28. The molecule has 0 radical (unpaired) electrons. The van der Waals surface area contributed by atoms with E-state index in [0.717, 1.165) is 17.7 Å². The molecular weight excluding hydrogens is 324 g/mol. The number of carbonyl (C=O) groups excluding carboxylic acids is 1. The van der Waals surface area contributed by atoms with Crippen LogP contribution in [0.2, 0.25) is 0 Å². The van der Waals surface area contributed by atoms with Crippen molar-refractivity contribution < 1.29 is 24.2 Å². The van der Waals surface area contributed by atoms with E-state index in [1.165, 1.54) is 0 Å². The zero-order chi connectivity index (χ0) is 18.0. The Morgan fingerprint density at radius 2 is 1.80 bits per heavy atom. The number of benzene rings is 1. The Morgan fingerprint density at radius 1 is 1.08 bits per heavy atom. The molecule has 0 unspecified atom stereocenters. The second-order valence-corrected chi connectivity index (χ2v) is 6.60. The zero-order valence-electron chi connectivity index (χ0n) is 14.6. The van der Waals surface area contributed by atoms with Crippen molar-refractivity contribution in [2.75, 3.05) is 40.4 Å². The first-order valence-corrected chi connectivity index (χ1v) is 8.47. The SMILES string of the molecule is COc1ccc([C@H]2CN(C(=O)N3CC[C@H](OC)C3)C[C@@H]2C(=O)O)cc1. The molecule has 0 saturated carbocycles. The van der Waals surface area contributed by atoms with Gasteiger partial charge in [0.1, 0.15) is 5.75 Å². The van der Waals surface area contributed by atoms with Crippen molar-refractivity contribution >= 4 is 12.0 Å². The average molecular weight is 348 g/mol. The van der Waals surface area contributed by atoms with Crippen LogP contribution in [-0.2, 0) is 9.53 Å². The largest absolute Gasteiger partial charge is 0.497 e. The summed E-state index contributed by atoms with van der Waals surface area (Å²) < 4.78 is 10.5. The summed E-state index contributed by atoms with van der Waals surface area (Å²) in [4.78, 5) is 27.8. The molecule has 2 amide bonds. The van der Waals surface area contributed by atoms with E-state index in [1.807, 2.05) is 24.3 Å². The molecule has 3 rings (SSSR count). The molecule has 7 heteroatoms. The number of rotatable bonds is 4. The maximum absolute atomic E-state index is 12.7. The van der Waals surface area contributed by atoms with Gasteiger partial charge in [0.2, 0.25) is 0 Å². The predicted molar refractivity (Wildman–Crippen MR) is 90.8 cm³/mol. The minimum Gasteiger partial charge on any atom is -0.497 e. The van der Waals surface area contributed by atoms with E-state index in [-0.39, 0.29) is 24.6 Å². The van der Waals surface area contributed by atoms with Crippen LogP contribution in [0.25, 0.3) is 0 Å². The number of aliphatic carboxylic acids is 1. The van der Waals surface area contributed by atoms with Crippen molar-refractivity contribution in [2.45, 2.75) is 18.4 Å². The second-order valence-electron chi connectivity index (χ2n) is 6.60. The summed E-state index contributed by atoms with van der Waals surface area (Å²) in [7, 11) is 3.24. The van der Waals surface area contributed by atoms with Crippen LogP contribution in [0.15, 0.2) is 24.3 Å². The number of likely N-dealkylation sites (tertiary alicyclic amines) is 2. The third-order valence-electron chi connectivity index (χ3n) is 5.20. The van der Waals surface area contributed by atoms with Gasteiger partial charge < -0.3 is 24.4 Å². The predicted octanol–water partition coefficient (Wildman–Crippen LogP) is 1.64. The van der Waals surface area contributed by atoms with Crippen molar-refractivity contribution in [1.82, 2.24) is 9.80 Å². The van der Waals surface area contributed by atoms with Crippen molar-refractivity contribution in [3.63, 3.8) is 0 Å². The highest BCUT2D eigenvalue weighted by Gasteiger charge is 2.42. The summed E-state index contributed by atoms with van der Waals surface area (Å²) in [6.45, 7) is 1.87. The van der Waals surface area contributed by atoms with Gasteiger partial charge in [-0.3, -0.25) is 4.79 Å². The molecule has 2 saturated heterocycles. The Kier molecular flexibility index (Phi) is 5.13. The molecule has 1 aromatic carbocycles. The van der Waals surface area contributed by atoms with Crippen molar-refractivity contribution in [2.24, 2.45) is 5.92 Å². The van der Waals surface area contributed by atoms with Gasteiger partial charge in [0.25, 0.3) is 0 Å². The number of hydrogen-bond acceptors (Lipinski definition) is 4. The number of nitrogens with zero attached hydrogens (tertiary/aromatic N) is 2. The van der Waals surface area contributed by atoms with E-state index < -0.39 is 11.9 Å². The van der Waals surface area contributed by atoms with Crippen LogP contribution >= 0.6 is 0 Å². The first-order chi connectivity index (χ1) is 12.0. The van der Waals surface area contributed by atoms with E-state index in [1.54, 1.807) is 24.0 Å². The Balaban J connectivity index is 1.73. The van der Waals surface area contributed by atoms with Crippen LogP contribution in [0.4, 0.5) is 4.79 Å². The van der Waals surface area contributed by atoms with Crippen LogP contribution in [0.1, 0.15) is 17.9 Å². The molecule has 1 aromatic rings. The lowest BCUT2D eigenvalue weighted by Gasteiger charge is -2.24. The zero-order valence-corrected chi connectivity index (χ0v) is 14.6. The molecular formula is C18H24N2O5. The molecule has 3 atom stereocenters. The molecule has 1 N–H and O–H groups in total. The summed E-state index contributed by atoms with van der Waals surface area (Å²) in [6.07, 6.45) is 0.889. The first-order valence-electron chi connectivity index (χ1n) is 8.47. The maximum atomic E-state index is 12.7. The molecule has 0 aromatic heterocycles. The van der Waals surface area contributed by atoms with Crippen LogP contribution in [-0.4, -0.2) is 73.4 Å². The lowest BCUT2D eigenvalue weighted by atomic mass is 9.89. The van der Waals surface area contributed by atoms with Gasteiger partial charge in [-0.05, 0) is 24.1 Å². The van der Waals surface area contributed by atoms with Crippen LogP contribution in [0.5, 0.6) is 5.75 Å². The number of hydrogen-bond donors (Lipinski definition) is 1. The van der Waals surface area contributed by atoms with Crippen LogP contribution in [0, 0.1) is 5.92 Å². The quantitative estimate of drug-likeness (QED) is 0.895. The Hall–Kier alpha value is -2.28. The van der Waals surface area contributed by atoms with Gasteiger partial charge in [-0.1, -0.05) is 12.1 Å². The molecule has 7 nitrogen and oxygen atoms in total. The van der Waals surface area contributed by atoms with E-state index in [0.29, 0.717) is 19.6 Å². The standard InChI is InChI=1S/C18H24N2O5/c1-24-13-5-3-12(4-6-13)15-10-20(11-16(15)17(21)22)18(23)19-8-7-14(9-19)25-2/h3-6,14-16H,7-11H2,1-2H3,(H,21,22)/t14-,15+,16-/m0/s1. The Labute approximate surface area is 147 Å². The molecule has 2 heterocycles. The Bertz CT molecular complexity index is 633. The normalized spacial score (nSPS) is 26.1. The summed E-state index contributed by atoms with van der Waals surface area (Å²) in [5.41, 5.74) is 0.916. The van der Waals surface area contributed by atoms with Crippen LogP contribution < -0.4 is 4.74 Å². The number of ether oxygens (including phenoxy) is 2.